The summed E-state index contributed by atoms with van der Waals surface area (Å²) in [5, 5.41) is 0. The molecule has 0 aliphatic carbocycles. The summed E-state index contributed by atoms with van der Waals surface area (Å²) in [7, 11) is -3.65. The second kappa shape index (κ2) is 6.17. The number of carbonyl (C=O) groups is 1. The van der Waals surface area contributed by atoms with Crippen molar-refractivity contribution >= 4 is 21.6 Å². The molecule has 0 bridgehead atoms. The standard InChI is InChI=1S/C19H19FN2O3S/c20-15-6-8-17(9-7-15)26(24,25)21-12-10-19(11-13-21)14-22(18(19)23)16-4-2-1-3-5-16/h1-9H,10-14H2. The molecule has 2 aliphatic heterocycles. The highest BCUT2D eigenvalue weighted by atomic mass is 32.2. The first-order valence-electron chi connectivity index (χ1n) is 8.55. The summed E-state index contributed by atoms with van der Waals surface area (Å²) in [5.74, 6) is -0.398. The molecule has 0 unspecified atom stereocenters. The summed E-state index contributed by atoms with van der Waals surface area (Å²) >= 11 is 0. The van der Waals surface area contributed by atoms with Crippen molar-refractivity contribution in [3.8, 4) is 0 Å². The van der Waals surface area contributed by atoms with Gasteiger partial charge in [0.1, 0.15) is 5.82 Å². The summed E-state index contributed by atoms with van der Waals surface area (Å²) < 4.78 is 39.8. The maximum atomic E-state index is 13.0. The Labute approximate surface area is 152 Å². The van der Waals surface area contributed by atoms with Gasteiger partial charge < -0.3 is 4.90 Å². The highest BCUT2D eigenvalue weighted by Crippen LogP contribution is 2.44. The van der Waals surface area contributed by atoms with Crippen LogP contribution < -0.4 is 4.90 Å². The number of amides is 1. The first kappa shape index (κ1) is 17.2. The Bertz CT molecular complexity index is 921. The zero-order chi connectivity index (χ0) is 18.4. The van der Waals surface area contributed by atoms with Gasteiger partial charge in [-0.2, -0.15) is 4.31 Å². The van der Waals surface area contributed by atoms with Crippen LogP contribution in [0.15, 0.2) is 59.5 Å². The minimum Gasteiger partial charge on any atom is -0.311 e. The van der Waals surface area contributed by atoms with Crippen molar-refractivity contribution in [2.24, 2.45) is 5.41 Å². The molecule has 7 heteroatoms. The SMILES string of the molecule is O=C1N(c2ccccc2)CC12CCN(S(=O)(=O)c1ccc(F)cc1)CC2. The second-order valence-electron chi connectivity index (χ2n) is 6.87. The topological polar surface area (TPSA) is 57.7 Å². The average Bonchev–Trinajstić information content (AvgIpc) is 2.67. The van der Waals surface area contributed by atoms with Gasteiger partial charge in [0.05, 0.1) is 10.3 Å². The smallest absolute Gasteiger partial charge is 0.243 e. The lowest BCUT2D eigenvalue weighted by molar-refractivity contribution is -0.137. The Kier molecular flexibility index (Phi) is 4.08. The van der Waals surface area contributed by atoms with Crippen LogP contribution in [-0.4, -0.2) is 38.3 Å². The molecule has 2 fully saturated rings. The lowest BCUT2D eigenvalue weighted by Crippen LogP contribution is -2.65. The number of hydrogen-bond donors (Lipinski definition) is 0. The molecule has 2 aliphatic rings. The second-order valence-corrected chi connectivity index (χ2v) is 8.80. The number of anilines is 1. The monoisotopic (exact) mass is 374 g/mol. The van der Waals surface area contributed by atoms with Crippen LogP contribution in [0, 0.1) is 11.2 Å². The zero-order valence-corrected chi connectivity index (χ0v) is 15.0. The number of nitrogens with zero attached hydrogens (tertiary/aromatic N) is 2. The van der Waals surface area contributed by atoms with Crippen LogP contribution in [0.1, 0.15) is 12.8 Å². The third-order valence-corrected chi connectivity index (χ3v) is 7.27. The summed E-state index contributed by atoms with van der Waals surface area (Å²) in [6, 6.07) is 14.3. The van der Waals surface area contributed by atoms with Gasteiger partial charge in [-0.3, -0.25) is 4.79 Å². The van der Waals surface area contributed by atoms with Gasteiger partial charge in [0.25, 0.3) is 0 Å². The summed E-state index contributed by atoms with van der Waals surface area (Å²) in [6.07, 6.45) is 1.02. The van der Waals surface area contributed by atoms with Crippen molar-refractivity contribution in [2.75, 3.05) is 24.5 Å². The fourth-order valence-electron chi connectivity index (χ4n) is 3.74. The number of hydrogen-bond acceptors (Lipinski definition) is 3. The number of halogens is 1. The summed E-state index contributed by atoms with van der Waals surface area (Å²) in [6.45, 7) is 1.22. The molecule has 2 aromatic carbocycles. The van der Waals surface area contributed by atoms with E-state index in [1.807, 2.05) is 30.3 Å². The number of para-hydroxylation sites is 1. The van der Waals surface area contributed by atoms with Crippen molar-refractivity contribution in [1.82, 2.24) is 4.31 Å². The molecule has 136 valence electrons. The molecule has 0 aromatic heterocycles. The van der Waals surface area contributed by atoms with Crippen molar-refractivity contribution in [1.29, 1.82) is 0 Å². The number of β-lactam (4-membered cyclic amide) rings is 1. The Hall–Kier alpha value is -2.25. The molecule has 5 nitrogen and oxygen atoms in total. The van der Waals surface area contributed by atoms with E-state index >= 15 is 0 Å². The highest BCUT2D eigenvalue weighted by Gasteiger charge is 2.54. The first-order chi connectivity index (χ1) is 12.4. The van der Waals surface area contributed by atoms with E-state index in [0.717, 1.165) is 17.8 Å². The molecule has 2 heterocycles. The van der Waals surface area contributed by atoms with E-state index in [0.29, 0.717) is 32.5 Å². The predicted molar refractivity (Wildman–Crippen MR) is 95.6 cm³/mol. The van der Waals surface area contributed by atoms with Crippen LogP contribution in [0.3, 0.4) is 0 Å². The zero-order valence-electron chi connectivity index (χ0n) is 14.1. The predicted octanol–water partition coefficient (Wildman–Crippen LogP) is 2.64. The summed E-state index contributed by atoms with van der Waals surface area (Å²) in [4.78, 5) is 14.6. The quantitative estimate of drug-likeness (QED) is 0.776. The third kappa shape index (κ3) is 2.71. The van der Waals surface area contributed by atoms with Gasteiger partial charge in [-0.1, -0.05) is 18.2 Å². The Balaban J connectivity index is 1.45. The molecular weight excluding hydrogens is 355 g/mol. The van der Waals surface area contributed by atoms with Gasteiger partial charge in [-0.25, -0.2) is 12.8 Å². The summed E-state index contributed by atoms with van der Waals surface area (Å²) in [5.41, 5.74) is 0.425. The van der Waals surface area contributed by atoms with Crippen LogP contribution in [0.25, 0.3) is 0 Å². The maximum absolute atomic E-state index is 13.0. The molecule has 2 aromatic rings. The average molecular weight is 374 g/mol. The fraction of sp³-hybridized carbons (Fsp3) is 0.316. The van der Waals surface area contributed by atoms with Gasteiger partial charge in [0.2, 0.25) is 15.9 Å². The normalized spacial score (nSPS) is 20.2. The van der Waals surface area contributed by atoms with E-state index in [1.165, 1.54) is 16.4 Å². The van der Waals surface area contributed by atoms with E-state index in [9.17, 15) is 17.6 Å². The molecule has 1 amide bonds. The highest BCUT2D eigenvalue weighted by molar-refractivity contribution is 7.89. The van der Waals surface area contributed by atoms with Crippen molar-refractivity contribution in [3.05, 3.63) is 60.4 Å². The van der Waals surface area contributed by atoms with Crippen LogP contribution >= 0.6 is 0 Å². The maximum Gasteiger partial charge on any atom is 0.243 e. The number of carbonyl (C=O) groups excluding carboxylic acids is 1. The number of piperidine rings is 1. The van der Waals surface area contributed by atoms with E-state index < -0.39 is 21.3 Å². The minimum atomic E-state index is -3.65. The Morgan fingerprint density at radius 1 is 0.923 bits per heavy atom. The van der Waals surface area contributed by atoms with Gasteiger partial charge in [-0.05, 0) is 49.2 Å². The lowest BCUT2D eigenvalue weighted by Gasteiger charge is -2.52. The van der Waals surface area contributed by atoms with E-state index in [4.69, 9.17) is 0 Å². The third-order valence-electron chi connectivity index (χ3n) is 5.36. The molecule has 1 spiro atoms. The van der Waals surface area contributed by atoms with Gasteiger partial charge >= 0.3 is 0 Å². The van der Waals surface area contributed by atoms with Crippen LogP contribution in [0.2, 0.25) is 0 Å². The van der Waals surface area contributed by atoms with Crippen LogP contribution in [-0.2, 0) is 14.8 Å². The molecule has 0 radical (unpaired) electrons. The molecule has 26 heavy (non-hydrogen) atoms. The van der Waals surface area contributed by atoms with Crippen LogP contribution in [0.4, 0.5) is 10.1 Å². The van der Waals surface area contributed by atoms with E-state index in [2.05, 4.69) is 0 Å². The minimum absolute atomic E-state index is 0.0718. The van der Waals surface area contributed by atoms with Crippen LogP contribution in [0.5, 0.6) is 0 Å². The van der Waals surface area contributed by atoms with Gasteiger partial charge in [0.15, 0.2) is 0 Å². The number of sulfonamides is 1. The number of benzene rings is 2. The molecule has 2 saturated heterocycles. The first-order valence-corrected chi connectivity index (χ1v) is 9.99. The Morgan fingerprint density at radius 2 is 1.54 bits per heavy atom. The lowest BCUT2D eigenvalue weighted by atomic mass is 9.71. The largest absolute Gasteiger partial charge is 0.311 e. The van der Waals surface area contributed by atoms with E-state index in [1.54, 1.807) is 4.90 Å². The molecule has 0 N–H and O–H groups in total. The van der Waals surface area contributed by atoms with Crippen molar-refractivity contribution in [3.63, 3.8) is 0 Å². The van der Waals surface area contributed by atoms with Crippen molar-refractivity contribution in [2.45, 2.75) is 17.7 Å². The van der Waals surface area contributed by atoms with Gasteiger partial charge in [-0.15, -0.1) is 0 Å². The van der Waals surface area contributed by atoms with E-state index in [-0.39, 0.29) is 10.8 Å². The molecule has 4 rings (SSSR count). The fourth-order valence-corrected chi connectivity index (χ4v) is 5.18. The number of rotatable bonds is 3. The van der Waals surface area contributed by atoms with Crippen molar-refractivity contribution < 1.29 is 17.6 Å². The Morgan fingerprint density at radius 3 is 2.12 bits per heavy atom. The van der Waals surface area contributed by atoms with Gasteiger partial charge in [0, 0.05) is 25.3 Å². The molecular formula is C19H19FN2O3S. The molecule has 0 saturated carbocycles. The molecule has 0 atom stereocenters.